The van der Waals surface area contributed by atoms with Crippen LogP contribution in [0.2, 0.25) is 5.02 Å². The summed E-state index contributed by atoms with van der Waals surface area (Å²) in [5.74, 6) is -0.954. The molecule has 0 spiro atoms. The van der Waals surface area contributed by atoms with Gasteiger partial charge >= 0.3 is 5.97 Å². The monoisotopic (exact) mass is 483 g/mol. The number of aromatic carboxylic acids is 1. The summed E-state index contributed by atoms with van der Waals surface area (Å²) >= 11 is 6.02. The van der Waals surface area contributed by atoms with Crippen LogP contribution in [0, 0.1) is 16.0 Å². The quantitative estimate of drug-likeness (QED) is 0.425. The van der Waals surface area contributed by atoms with Gasteiger partial charge in [-0.2, -0.15) is 0 Å². The molecule has 8 nitrogen and oxygen atoms in total. The van der Waals surface area contributed by atoms with Gasteiger partial charge in [0.15, 0.2) is 0 Å². The second-order valence-electron chi connectivity index (χ2n) is 8.81. The Bertz CT molecular complexity index is 1110. The Morgan fingerprint density at radius 1 is 1.09 bits per heavy atom. The number of nitrogens with zero attached hydrogens (tertiary/aromatic N) is 3. The van der Waals surface area contributed by atoms with Crippen LogP contribution in [0.25, 0.3) is 0 Å². The number of halogens is 1. The second kappa shape index (κ2) is 10.3. The normalized spacial score (nSPS) is 18.9. The first kappa shape index (κ1) is 23.8. The van der Waals surface area contributed by atoms with E-state index >= 15 is 0 Å². The van der Waals surface area contributed by atoms with Gasteiger partial charge in [0.05, 0.1) is 10.5 Å². The topological polar surface area (TPSA) is 104 Å². The largest absolute Gasteiger partial charge is 0.478 e. The molecule has 4 rings (SSSR count). The van der Waals surface area contributed by atoms with Gasteiger partial charge < -0.3 is 14.9 Å². The fraction of sp³-hybridized carbons (Fsp3) is 0.360. The third-order valence-corrected chi connectivity index (χ3v) is 6.78. The molecule has 0 aromatic heterocycles. The van der Waals surface area contributed by atoms with Crippen LogP contribution in [-0.2, 0) is 11.2 Å². The number of carboxylic acid groups (broad SMARTS) is 1. The van der Waals surface area contributed by atoms with E-state index in [2.05, 4.69) is 0 Å². The lowest BCUT2D eigenvalue weighted by atomic mass is 9.88. The van der Waals surface area contributed by atoms with Crippen molar-refractivity contribution in [2.24, 2.45) is 5.92 Å². The summed E-state index contributed by atoms with van der Waals surface area (Å²) in [7, 11) is 0. The first-order chi connectivity index (χ1) is 16.3. The van der Waals surface area contributed by atoms with Crippen molar-refractivity contribution in [3.05, 3.63) is 81.1 Å². The number of hydrogen-bond donors (Lipinski definition) is 1. The minimum absolute atomic E-state index is 0.139. The summed E-state index contributed by atoms with van der Waals surface area (Å²) in [4.78, 5) is 39.5. The van der Waals surface area contributed by atoms with Gasteiger partial charge in [0.25, 0.3) is 5.69 Å². The van der Waals surface area contributed by atoms with E-state index in [0.29, 0.717) is 23.9 Å². The highest BCUT2D eigenvalue weighted by molar-refractivity contribution is 6.30. The second-order valence-corrected chi connectivity index (χ2v) is 9.25. The van der Waals surface area contributed by atoms with Crippen molar-refractivity contribution < 1.29 is 19.6 Å². The van der Waals surface area contributed by atoms with Crippen molar-refractivity contribution in [2.75, 3.05) is 11.4 Å². The number of anilines is 1. The Kier molecular flexibility index (Phi) is 7.17. The molecule has 1 aliphatic heterocycles. The Labute approximate surface area is 202 Å². The molecule has 34 heavy (non-hydrogen) atoms. The number of benzene rings is 2. The molecule has 1 fully saturated rings. The van der Waals surface area contributed by atoms with Gasteiger partial charge in [0, 0.05) is 36.5 Å². The number of amides is 1. The van der Waals surface area contributed by atoms with Crippen molar-refractivity contribution in [3.8, 4) is 0 Å². The van der Waals surface area contributed by atoms with Gasteiger partial charge in [-0.1, -0.05) is 43.0 Å². The van der Waals surface area contributed by atoms with Crippen molar-refractivity contribution in [1.82, 2.24) is 4.90 Å². The number of carbonyl (C=O) groups excluding carboxylic acids is 1. The van der Waals surface area contributed by atoms with E-state index in [1.807, 2.05) is 12.1 Å². The van der Waals surface area contributed by atoms with Crippen LogP contribution in [0.15, 0.2) is 54.9 Å². The zero-order valence-electron chi connectivity index (χ0n) is 18.6. The maximum Gasteiger partial charge on any atom is 0.335 e. The maximum absolute atomic E-state index is 13.7. The van der Waals surface area contributed by atoms with E-state index in [-0.39, 0.29) is 22.8 Å². The Morgan fingerprint density at radius 2 is 1.79 bits per heavy atom. The lowest BCUT2D eigenvalue weighted by Crippen LogP contribution is -2.51. The van der Waals surface area contributed by atoms with Crippen molar-refractivity contribution in [2.45, 2.75) is 44.6 Å². The highest BCUT2D eigenvalue weighted by Gasteiger charge is 2.36. The van der Waals surface area contributed by atoms with Gasteiger partial charge in [0.2, 0.25) is 5.91 Å². The fourth-order valence-corrected chi connectivity index (χ4v) is 4.86. The first-order valence-electron chi connectivity index (χ1n) is 11.4. The van der Waals surface area contributed by atoms with Crippen molar-refractivity contribution >= 4 is 34.9 Å². The number of hydrogen-bond acceptors (Lipinski definition) is 5. The van der Waals surface area contributed by atoms with E-state index in [4.69, 9.17) is 11.6 Å². The molecule has 1 saturated carbocycles. The third-order valence-electron chi connectivity index (χ3n) is 6.53. The summed E-state index contributed by atoms with van der Waals surface area (Å²) < 4.78 is 0. The van der Waals surface area contributed by atoms with Crippen LogP contribution in [0.4, 0.5) is 11.4 Å². The molecule has 0 unspecified atom stereocenters. The lowest BCUT2D eigenvalue weighted by molar-refractivity contribution is -0.384. The molecule has 0 saturated heterocycles. The smallest absolute Gasteiger partial charge is 0.335 e. The highest BCUT2D eigenvalue weighted by Crippen LogP contribution is 2.35. The van der Waals surface area contributed by atoms with Crippen LogP contribution in [0.5, 0.6) is 0 Å². The predicted molar refractivity (Wildman–Crippen MR) is 129 cm³/mol. The summed E-state index contributed by atoms with van der Waals surface area (Å²) in [5.41, 5.74) is 0.497. The number of carbonyl (C=O) groups is 2. The van der Waals surface area contributed by atoms with Gasteiger partial charge in [-0.05, 0) is 48.6 Å². The van der Waals surface area contributed by atoms with Crippen LogP contribution in [-0.4, -0.2) is 39.4 Å². The maximum atomic E-state index is 13.7. The molecule has 2 aromatic rings. The molecule has 1 N–H and O–H groups in total. The Morgan fingerprint density at radius 3 is 2.44 bits per heavy atom. The van der Waals surface area contributed by atoms with Crippen LogP contribution in [0.3, 0.4) is 0 Å². The summed E-state index contributed by atoms with van der Waals surface area (Å²) in [6, 6.07) is 10.2. The van der Waals surface area contributed by atoms with E-state index in [0.717, 1.165) is 24.5 Å². The standard InChI is InChI=1S/C25H26ClN3O5/c26-20-9-6-17(7-10-20)14-23-24(30)27(16-18-4-2-1-3-5-18)12-13-28(23)21-11-8-19(25(31)32)15-22(21)29(33)34/h6-13,15,18,23H,1-5,14,16H2,(H,31,32)/t23-/m0/s1. The van der Waals surface area contributed by atoms with Crippen LogP contribution >= 0.6 is 11.6 Å². The molecule has 1 aliphatic carbocycles. The van der Waals surface area contributed by atoms with E-state index in [1.165, 1.54) is 31.4 Å². The molecule has 1 amide bonds. The van der Waals surface area contributed by atoms with Crippen LogP contribution < -0.4 is 4.90 Å². The minimum atomic E-state index is -1.25. The molecule has 1 atom stereocenters. The minimum Gasteiger partial charge on any atom is -0.478 e. The molecule has 0 bridgehead atoms. The fourth-order valence-electron chi connectivity index (χ4n) is 4.74. The average molecular weight is 484 g/mol. The molecule has 178 valence electrons. The van der Waals surface area contributed by atoms with E-state index < -0.39 is 16.9 Å². The SMILES string of the molecule is O=C(O)c1ccc(N2C=CN(CC3CCCCC3)C(=O)[C@@H]2Cc2ccc(Cl)cc2)c([N+](=O)[O-])c1. The average Bonchev–Trinajstić information content (AvgIpc) is 2.83. The number of rotatable bonds is 7. The molecule has 1 heterocycles. The number of nitro benzene ring substituents is 1. The Balaban J connectivity index is 1.70. The van der Waals surface area contributed by atoms with Crippen molar-refractivity contribution in [3.63, 3.8) is 0 Å². The molecule has 2 aromatic carbocycles. The lowest BCUT2D eigenvalue weighted by Gasteiger charge is -2.38. The molecular formula is C25H26ClN3O5. The molecule has 9 heteroatoms. The first-order valence-corrected chi connectivity index (χ1v) is 11.7. The summed E-state index contributed by atoms with van der Waals surface area (Å²) in [5, 5.41) is 21.7. The van der Waals surface area contributed by atoms with Gasteiger partial charge in [-0.15, -0.1) is 0 Å². The number of nitro groups is 1. The van der Waals surface area contributed by atoms with E-state index in [1.54, 1.807) is 34.3 Å². The zero-order valence-corrected chi connectivity index (χ0v) is 19.4. The Hall–Kier alpha value is -3.39. The van der Waals surface area contributed by atoms with Gasteiger partial charge in [-0.25, -0.2) is 4.79 Å². The van der Waals surface area contributed by atoms with Gasteiger partial charge in [0.1, 0.15) is 11.7 Å². The highest BCUT2D eigenvalue weighted by atomic mass is 35.5. The number of carboxylic acids is 1. The molecular weight excluding hydrogens is 458 g/mol. The molecule has 2 aliphatic rings. The molecule has 0 radical (unpaired) electrons. The third kappa shape index (κ3) is 5.22. The van der Waals surface area contributed by atoms with E-state index in [9.17, 15) is 24.8 Å². The predicted octanol–water partition coefficient (Wildman–Crippen LogP) is 5.26. The van der Waals surface area contributed by atoms with Crippen LogP contribution in [0.1, 0.15) is 48.0 Å². The van der Waals surface area contributed by atoms with Crippen molar-refractivity contribution in [1.29, 1.82) is 0 Å². The summed E-state index contributed by atoms with van der Waals surface area (Å²) in [6.45, 7) is 0.625. The zero-order chi connectivity index (χ0) is 24.2. The summed E-state index contributed by atoms with van der Waals surface area (Å²) in [6.07, 6.45) is 9.43. The van der Waals surface area contributed by atoms with Gasteiger partial charge in [-0.3, -0.25) is 14.9 Å².